The van der Waals surface area contributed by atoms with Gasteiger partial charge in [-0.15, -0.1) is 0 Å². The zero-order valence-corrected chi connectivity index (χ0v) is 13.1. The second-order valence-corrected chi connectivity index (χ2v) is 6.32. The summed E-state index contributed by atoms with van der Waals surface area (Å²) in [6.45, 7) is 5.89. The summed E-state index contributed by atoms with van der Waals surface area (Å²) in [7, 11) is 0. The summed E-state index contributed by atoms with van der Waals surface area (Å²) in [4.78, 5) is 15.0. The predicted octanol–water partition coefficient (Wildman–Crippen LogP) is 2.45. The van der Waals surface area contributed by atoms with E-state index in [9.17, 15) is 4.79 Å². The van der Waals surface area contributed by atoms with E-state index < -0.39 is 0 Å². The molecule has 1 N–H and O–H groups in total. The number of aromatic nitrogens is 2. The molecule has 0 unspecified atom stereocenters. The molecule has 1 amide bonds. The van der Waals surface area contributed by atoms with Crippen molar-refractivity contribution in [3.63, 3.8) is 0 Å². The van der Waals surface area contributed by atoms with E-state index in [2.05, 4.69) is 30.5 Å². The van der Waals surface area contributed by atoms with Gasteiger partial charge >= 0.3 is 0 Å². The minimum Gasteiger partial charge on any atom is -0.321 e. The zero-order chi connectivity index (χ0) is 14.9. The van der Waals surface area contributed by atoms with Crippen molar-refractivity contribution in [1.82, 2.24) is 20.0 Å². The summed E-state index contributed by atoms with van der Waals surface area (Å²) < 4.78 is 1.93. The number of hydrogen-bond donors (Lipinski definition) is 1. The van der Waals surface area contributed by atoms with E-state index in [1.807, 2.05) is 15.8 Å². The molecule has 1 saturated carbocycles. The van der Waals surface area contributed by atoms with Crippen LogP contribution in [0.4, 0.5) is 0 Å². The Morgan fingerprint density at radius 2 is 2.10 bits per heavy atom. The quantitative estimate of drug-likeness (QED) is 0.926. The molecule has 1 spiro atoms. The summed E-state index contributed by atoms with van der Waals surface area (Å²) >= 11 is 0. The molecule has 2 fully saturated rings. The average Bonchev–Trinajstić information content (AvgIpc) is 3.08. The van der Waals surface area contributed by atoms with Crippen molar-refractivity contribution in [1.29, 1.82) is 0 Å². The maximum absolute atomic E-state index is 13.0. The van der Waals surface area contributed by atoms with Crippen LogP contribution in [-0.4, -0.2) is 32.7 Å². The molecular weight excluding hydrogens is 264 g/mol. The zero-order valence-electron chi connectivity index (χ0n) is 13.1. The van der Waals surface area contributed by atoms with Gasteiger partial charge in [0.25, 0.3) is 0 Å². The molecular formula is C16H26N4O. The van der Waals surface area contributed by atoms with E-state index in [4.69, 9.17) is 0 Å². The topological polar surface area (TPSA) is 50.2 Å². The average molecular weight is 290 g/mol. The number of amides is 1. The van der Waals surface area contributed by atoms with Gasteiger partial charge in [-0.3, -0.25) is 14.8 Å². The maximum Gasteiger partial charge on any atom is 0.244 e. The van der Waals surface area contributed by atoms with Crippen molar-refractivity contribution in [2.24, 2.45) is 0 Å². The van der Waals surface area contributed by atoms with E-state index in [0.29, 0.717) is 5.91 Å². The van der Waals surface area contributed by atoms with Gasteiger partial charge in [-0.25, -0.2) is 0 Å². The lowest BCUT2D eigenvalue weighted by atomic mass is 9.81. The fourth-order valence-corrected chi connectivity index (χ4v) is 3.74. The number of carbonyl (C=O) groups excluding carboxylic acids is 1. The third-order valence-electron chi connectivity index (χ3n) is 4.86. The molecule has 0 bridgehead atoms. The number of nitrogens with zero attached hydrogens (tertiary/aromatic N) is 3. The second kappa shape index (κ2) is 5.79. The summed E-state index contributed by atoms with van der Waals surface area (Å²) in [6.07, 6.45) is 10.5. The van der Waals surface area contributed by atoms with Crippen LogP contribution < -0.4 is 5.32 Å². The summed E-state index contributed by atoms with van der Waals surface area (Å²) in [5.74, 6) is 0.304. The summed E-state index contributed by atoms with van der Waals surface area (Å²) in [6, 6.07) is 0. The Balaban J connectivity index is 1.89. The number of aryl methyl sites for hydroxylation is 1. The van der Waals surface area contributed by atoms with Crippen LogP contribution in [0.25, 0.3) is 0 Å². The van der Waals surface area contributed by atoms with Gasteiger partial charge in [0.05, 0.1) is 11.7 Å². The lowest BCUT2D eigenvalue weighted by Gasteiger charge is -2.31. The van der Waals surface area contributed by atoms with Crippen molar-refractivity contribution < 1.29 is 4.79 Å². The number of rotatable bonds is 4. The van der Waals surface area contributed by atoms with Crippen LogP contribution in [0.15, 0.2) is 12.4 Å². The number of carbonyl (C=O) groups is 1. The molecule has 2 aliphatic rings. The molecule has 0 radical (unpaired) electrons. The highest BCUT2D eigenvalue weighted by molar-refractivity contribution is 5.89. The van der Waals surface area contributed by atoms with E-state index >= 15 is 0 Å². The summed E-state index contributed by atoms with van der Waals surface area (Å²) in [5, 5.41) is 8.04. The molecule has 5 heteroatoms. The molecule has 21 heavy (non-hydrogen) atoms. The lowest BCUT2D eigenvalue weighted by molar-refractivity contribution is -0.134. The standard InChI is InChI=1S/C16H26N4O/c1-3-10-20-14(13-11-17-19(4-2)12-13)18-16(15(20)21)8-6-5-7-9-16/h11-12,14,18H,3-10H2,1-2H3/t14-/m0/s1. The predicted molar refractivity (Wildman–Crippen MR) is 81.6 cm³/mol. The molecule has 3 rings (SSSR count). The Morgan fingerprint density at radius 1 is 1.33 bits per heavy atom. The maximum atomic E-state index is 13.0. The first-order valence-corrected chi connectivity index (χ1v) is 8.31. The largest absolute Gasteiger partial charge is 0.321 e. The van der Waals surface area contributed by atoms with Gasteiger partial charge < -0.3 is 4.90 Å². The van der Waals surface area contributed by atoms with Crippen molar-refractivity contribution in [2.45, 2.75) is 70.6 Å². The molecule has 1 aliphatic carbocycles. The van der Waals surface area contributed by atoms with Crippen LogP contribution in [0.3, 0.4) is 0 Å². The Bertz CT molecular complexity index is 504. The second-order valence-electron chi connectivity index (χ2n) is 6.32. The van der Waals surface area contributed by atoms with E-state index in [1.54, 1.807) is 0 Å². The van der Waals surface area contributed by atoms with E-state index in [0.717, 1.165) is 50.8 Å². The van der Waals surface area contributed by atoms with Gasteiger partial charge in [0.2, 0.25) is 5.91 Å². The molecule has 1 aromatic heterocycles. The third kappa shape index (κ3) is 2.48. The Labute approximate surface area is 126 Å². The fourth-order valence-electron chi connectivity index (χ4n) is 3.74. The first kappa shape index (κ1) is 14.6. The first-order valence-electron chi connectivity index (χ1n) is 8.31. The SMILES string of the molecule is CCCN1C(=O)C2(CCCCC2)N[C@@H]1c1cnn(CC)c1. The van der Waals surface area contributed by atoms with Crippen molar-refractivity contribution in [3.05, 3.63) is 18.0 Å². The molecule has 2 heterocycles. The van der Waals surface area contributed by atoms with Crippen LogP contribution in [0.1, 0.15) is 64.1 Å². The van der Waals surface area contributed by atoms with Gasteiger partial charge in [-0.1, -0.05) is 26.2 Å². The normalized spacial score (nSPS) is 25.0. The van der Waals surface area contributed by atoms with Gasteiger partial charge in [0.1, 0.15) is 6.17 Å². The van der Waals surface area contributed by atoms with Gasteiger partial charge in [-0.05, 0) is 26.2 Å². The van der Waals surface area contributed by atoms with Gasteiger partial charge in [0.15, 0.2) is 0 Å². The minimum atomic E-state index is -0.313. The molecule has 1 atom stereocenters. The molecule has 1 saturated heterocycles. The van der Waals surface area contributed by atoms with Crippen molar-refractivity contribution in [3.8, 4) is 0 Å². The van der Waals surface area contributed by atoms with E-state index in [-0.39, 0.29) is 11.7 Å². The van der Waals surface area contributed by atoms with Crippen molar-refractivity contribution in [2.75, 3.05) is 6.54 Å². The van der Waals surface area contributed by atoms with Crippen LogP contribution in [0, 0.1) is 0 Å². The highest BCUT2D eigenvalue weighted by Crippen LogP contribution is 2.39. The van der Waals surface area contributed by atoms with Gasteiger partial charge in [-0.2, -0.15) is 5.10 Å². The molecule has 1 aromatic rings. The molecule has 1 aliphatic heterocycles. The Hall–Kier alpha value is -1.36. The fraction of sp³-hybridized carbons (Fsp3) is 0.750. The monoisotopic (exact) mass is 290 g/mol. The molecule has 0 aromatic carbocycles. The van der Waals surface area contributed by atoms with Gasteiger partial charge in [0, 0.05) is 24.8 Å². The summed E-state index contributed by atoms with van der Waals surface area (Å²) in [5.41, 5.74) is 0.799. The van der Waals surface area contributed by atoms with Crippen LogP contribution in [0.2, 0.25) is 0 Å². The Morgan fingerprint density at radius 3 is 2.71 bits per heavy atom. The third-order valence-corrected chi connectivity index (χ3v) is 4.86. The smallest absolute Gasteiger partial charge is 0.244 e. The van der Waals surface area contributed by atoms with Crippen LogP contribution in [-0.2, 0) is 11.3 Å². The Kier molecular flexibility index (Phi) is 4.02. The highest BCUT2D eigenvalue weighted by atomic mass is 16.2. The molecule has 5 nitrogen and oxygen atoms in total. The van der Waals surface area contributed by atoms with E-state index in [1.165, 1.54) is 6.42 Å². The lowest BCUT2D eigenvalue weighted by Crippen LogP contribution is -2.48. The number of hydrogen-bond acceptors (Lipinski definition) is 3. The highest BCUT2D eigenvalue weighted by Gasteiger charge is 2.51. The van der Waals surface area contributed by atoms with Crippen LogP contribution in [0.5, 0.6) is 0 Å². The molecule has 116 valence electrons. The van der Waals surface area contributed by atoms with Crippen molar-refractivity contribution >= 4 is 5.91 Å². The first-order chi connectivity index (χ1) is 10.2. The number of nitrogens with one attached hydrogen (secondary N) is 1. The van der Waals surface area contributed by atoms with Crippen LogP contribution >= 0.6 is 0 Å². The minimum absolute atomic E-state index is 0.00384.